The van der Waals surface area contributed by atoms with Gasteiger partial charge < -0.3 is 5.32 Å². The molecule has 118 valence electrons. The molecule has 0 radical (unpaired) electrons. The molecule has 3 aromatic heterocycles. The molecule has 0 bridgehead atoms. The van der Waals surface area contributed by atoms with Crippen LogP contribution < -0.4 is 5.32 Å². The predicted molar refractivity (Wildman–Crippen MR) is 92.2 cm³/mol. The monoisotopic (exact) mass is 337 g/mol. The quantitative estimate of drug-likeness (QED) is 0.612. The minimum atomic E-state index is -0.241. The van der Waals surface area contributed by atoms with Crippen LogP contribution in [-0.4, -0.2) is 20.2 Å². The van der Waals surface area contributed by atoms with Gasteiger partial charge in [-0.05, 0) is 35.9 Å². The molecule has 0 aliphatic rings. The zero-order valence-corrected chi connectivity index (χ0v) is 13.3. The van der Waals surface area contributed by atoms with Crippen LogP contribution in [0.3, 0.4) is 0 Å². The SMILES string of the molecule is Fc1ccc(CNc2ncccc2-c2cccnn2)c2ncsc12. The zero-order chi connectivity index (χ0) is 16.4. The molecule has 1 aromatic carbocycles. The number of aromatic nitrogens is 4. The van der Waals surface area contributed by atoms with E-state index in [0.717, 1.165) is 16.8 Å². The highest BCUT2D eigenvalue weighted by molar-refractivity contribution is 7.16. The molecule has 0 unspecified atom stereocenters. The van der Waals surface area contributed by atoms with Crippen molar-refractivity contribution in [3.8, 4) is 11.3 Å². The van der Waals surface area contributed by atoms with E-state index in [0.29, 0.717) is 22.6 Å². The third-order valence-corrected chi connectivity index (χ3v) is 4.46. The Hall–Kier alpha value is -2.93. The van der Waals surface area contributed by atoms with E-state index in [1.54, 1.807) is 24.0 Å². The van der Waals surface area contributed by atoms with Gasteiger partial charge >= 0.3 is 0 Å². The summed E-state index contributed by atoms with van der Waals surface area (Å²) >= 11 is 1.30. The summed E-state index contributed by atoms with van der Waals surface area (Å²) < 4.78 is 14.3. The molecule has 0 aliphatic heterocycles. The second kappa shape index (κ2) is 6.29. The van der Waals surface area contributed by atoms with Gasteiger partial charge in [-0.1, -0.05) is 6.07 Å². The Kier molecular flexibility index (Phi) is 3.84. The van der Waals surface area contributed by atoms with Gasteiger partial charge in [-0.3, -0.25) is 0 Å². The highest BCUT2D eigenvalue weighted by atomic mass is 32.1. The Morgan fingerprint density at radius 1 is 1.04 bits per heavy atom. The van der Waals surface area contributed by atoms with Gasteiger partial charge in [0.25, 0.3) is 0 Å². The van der Waals surface area contributed by atoms with Crippen molar-refractivity contribution in [2.75, 3.05) is 5.32 Å². The number of nitrogens with zero attached hydrogens (tertiary/aromatic N) is 4. The summed E-state index contributed by atoms with van der Waals surface area (Å²) in [7, 11) is 0. The summed E-state index contributed by atoms with van der Waals surface area (Å²) in [4.78, 5) is 8.65. The number of thiazole rings is 1. The van der Waals surface area contributed by atoms with Gasteiger partial charge in [0.2, 0.25) is 0 Å². The van der Waals surface area contributed by atoms with Crippen LogP contribution in [0, 0.1) is 5.82 Å². The fourth-order valence-electron chi connectivity index (χ4n) is 2.49. The molecular formula is C17H12FN5S. The van der Waals surface area contributed by atoms with Gasteiger partial charge in [0.05, 0.1) is 21.4 Å². The molecule has 4 aromatic rings. The van der Waals surface area contributed by atoms with Crippen molar-refractivity contribution in [3.05, 3.63) is 65.7 Å². The largest absolute Gasteiger partial charge is 0.365 e. The first-order chi connectivity index (χ1) is 11.8. The molecule has 1 N–H and O–H groups in total. The molecular weight excluding hydrogens is 325 g/mol. The molecule has 3 heterocycles. The van der Waals surface area contributed by atoms with Crippen molar-refractivity contribution in [2.45, 2.75) is 6.54 Å². The number of nitrogens with one attached hydrogen (secondary N) is 1. The number of anilines is 1. The van der Waals surface area contributed by atoms with E-state index in [1.165, 1.54) is 17.4 Å². The fourth-order valence-corrected chi connectivity index (χ4v) is 3.23. The van der Waals surface area contributed by atoms with Gasteiger partial charge in [-0.25, -0.2) is 14.4 Å². The van der Waals surface area contributed by atoms with Gasteiger partial charge in [-0.2, -0.15) is 10.2 Å². The number of hydrogen-bond donors (Lipinski definition) is 1. The van der Waals surface area contributed by atoms with Crippen LogP contribution in [0.5, 0.6) is 0 Å². The average Bonchev–Trinajstić information content (AvgIpc) is 3.13. The lowest BCUT2D eigenvalue weighted by Gasteiger charge is -2.10. The molecule has 24 heavy (non-hydrogen) atoms. The van der Waals surface area contributed by atoms with Crippen LogP contribution >= 0.6 is 11.3 Å². The van der Waals surface area contributed by atoms with Crippen LogP contribution in [0.2, 0.25) is 0 Å². The Balaban J connectivity index is 1.65. The molecule has 0 saturated heterocycles. The van der Waals surface area contributed by atoms with Crippen molar-refractivity contribution in [1.82, 2.24) is 20.2 Å². The molecule has 5 nitrogen and oxygen atoms in total. The standard InChI is InChI=1S/C17H12FN5S/c18-13-6-5-11(15-16(13)24-10-21-15)9-20-17-12(3-1-7-19-17)14-4-2-8-22-23-14/h1-8,10H,9H2,(H,19,20). The molecule has 0 fully saturated rings. The number of halogens is 1. The van der Waals surface area contributed by atoms with Crippen LogP contribution in [0.25, 0.3) is 21.5 Å². The third kappa shape index (κ3) is 2.69. The lowest BCUT2D eigenvalue weighted by atomic mass is 10.1. The van der Waals surface area contributed by atoms with E-state index in [-0.39, 0.29) is 5.82 Å². The summed E-state index contributed by atoms with van der Waals surface area (Å²) in [6.45, 7) is 0.491. The van der Waals surface area contributed by atoms with Crippen LogP contribution in [-0.2, 0) is 6.54 Å². The topological polar surface area (TPSA) is 63.6 Å². The molecule has 0 atom stereocenters. The number of pyridine rings is 1. The van der Waals surface area contributed by atoms with Gasteiger partial charge in [-0.15, -0.1) is 11.3 Å². The molecule has 4 rings (SSSR count). The maximum absolute atomic E-state index is 13.8. The molecule has 0 saturated carbocycles. The van der Waals surface area contributed by atoms with E-state index >= 15 is 0 Å². The van der Waals surface area contributed by atoms with E-state index in [4.69, 9.17) is 0 Å². The molecule has 0 amide bonds. The highest BCUT2D eigenvalue weighted by Gasteiger charge is 2.11. The summed E-state index contributed by atoms with van der Waals surface area (Å²) in [5.41, 5.74) is 4.87. The van der Waals surface area contributed by atoms with Crippen molar-refractivity contribution in [2.24, 2.45) is 0 Å². The third-order valence-electron chi connectivity index (χ3n) is 3.62. The lowest BCUT2D eigenvalue weighted by molar-refractivity contribution is 0.641. The second-order valence-electron chi connectivity index (χ2n) is 5.10. The first-order valence-electron chi connectivity index (χ1n) is 7.30. The summed E-state index contributed by atoms with van der Waals surface area (Å²) in [6, 6.07) is 10.7. The van der Waals surface area contributed by atoms with Gasteiger partial charge in [0.15, 0.2) is 0 Å². The molecule has 0 aliphatic carbocycles. The zero-order valence-electron chi connectivity index (χ0n) is 12.5. The Morgan fingerprint density at radius 2 is 1.96 bits per heavy atom. The van der Waals surface area contributed by atoms with Crippen molar-refractivity contribution in [3.63, 3.8) is 0 Å². The maximum Gasteiger partial charge on any atom is 0.142 e. The first-order valence-corrected chi connectivity index (χ1v) is 8.18. The summed E-state index contributed by atoms with van der Waals surface area (Å²) in [5.74, 6) is 0.458. The number of benzene rings is 1. The van der Waals surface area contributed by atoms with Crippen molar-refractivity contribution < 1.29 is 4.39 Å². The van der Waals surface area contributed by atoms with Crippen LogP contribution in [0.4, 0.5) is 10.2 Å². The fraction of sp³-hybridized carbons (Fsp3) is 0.0588. The predicted octanol–water partition coefficient (Wildman–Crippen LogP) is 3.90. The maximum atomic E-state index is 13.8. The van der Waals surface area contributed by atoms with E-state index < -0.39 is 0 Å². The minimum Gasteiger partial charge on any atom is -0.365 e. The van der Waals surface area contributed by atoms with Crippen LogP contribution in [0.15, 0.2) is 54.3 Å². The van der Waals surface area contributed by atoms with E-state index in [1.807, 2.05) is 24.3 Å². The Morgan fingerprint density at radius 3 is 2.83 bits per heavy atom. The van der Waals surface area contributed by atoms with E-state index in [9.17, 15) is 4.39 Å². The first kappa shape index (κ1) is 14.6. The molecule has 0 spiro atoms. The number of fused-ring (bicyclic) bond motifs is 1. The van der Waals surface area contributed by atoms with Crippen LogP contribution in [0.1, 0.15) is 5.56 Å². The highest BCUT2D eigenvalue weighted by Crippen LogP contribution is 2.27. The van der Waals surface area contributed by atoms with Crippen molar-refractivity contribution >= 4 is 27.4 Å². The summed E-state index contributed by atoms with van der Waals surface area (Å²) in [5, 5.41) is 11.3. The normalized spacial score (nSPS) is 10.9. The lowest BCUT2D eigenvalue weighted by Crippen LogP contribution is -2.04. The average molecular weight is 337 g/mol. The Labute approximate surface area is 141 Å². The van der Waals surface area contributed by atoms with Crippen molar-refractivity contribution in [1.29, 1.82) is 0 Å². The number of rotatable bonds is 4. The van der Waals surface area contributed by atoms with E-state index in [2.05, 4.69) is 25.5 Å². The van der Waals surface area contributed by atoms with Gasteiger partial charge in [0.1, 0.15) is 11.6 Å². The minimum absolute atomic E-state index is 0.241. The Bertz CT molecular complexity index is 987. The van der Waals surface area contributed by atoms with Gasteiger partial charge in [0, 0.05) is 24.5 Å². The smallest absolute Gasteiger partial charge is 0.142 e. The molecule has 7 heteroatoms. The summed E-state index contributed by atoms with van der Waals surface area (Å²) in [6.07, 6.45) is 3.34. The number of hydrogen-bond acceptors (Lipinski definition) is 6. The second-order valence-corrected chi connectivity index (χ2v) is 5.95.